The van der Waals surface area contributed by atoms with E-state index in [2.05, 4.69) is 31.9 Å². The first-order valence-corrected chi connectivity index (χ1v) is 9.76. The molecule has 1 saturated heterocycles. The van der Waals surface area contributed by atoms with Gasteiger partial charge in [-0.1, -0.05) is 0 Å². The van der Waals surface area contributed by atoms with E-state index in [1.807, 2.05) is 0 Å². The smallest absolute Gasteiger partial charge is 0.344 e. The molecule has 1 fully saturated rings. The van der Waals surface area contributed by atoms with Crippen molar-refractivity contribution in [1.82, 2.24) is 9.80 Å². The first kappa shape index (κ1) is 21.5. The molecule has 0 saturated carbocycles. The van der Waals surface area contributed by atoms with E-state index >= 15 is 0 Å². The highest BCUT2D eigenvalue weighted by molar-refractivity contribution is 9.11. The predicted molar refractivity (Wildman–Crippen MR) is 110 cm³/mol. The topological polar surface area (TPSA) is 76.2 Å². The third-order valence-electron chi connectivity index (χ3n) is 3.62. The van der Waals surface area contributed by atoms with E-state index < -0.39 is 17.8 Å². The van der Waals surface area contributed by atoms with Crippen LogP contribution in [0.5, 0.6) is 5.75 Å². The molecule has 144 valence electrons. The molecule has 0 N–H and O–H groups in total. The molecule has 0 bridgehead atoms. The summed E-state index contributed by atoms with van der Waals surface area (Å²) in [6, 6.07) is 3.34. The quantitative estimate of drug-likeness (QED) is 0.258. The summed E-state index contributed by atoms with van der Waals surface area (Å²) in [5.41, 5.74) is 0.580. The van der Waals surface area contributed by atoms with Crippen LogP contribution in [0.25, 0.3) is 6.08 Å². The molecule has 1 aliphatic rings. The van der Waals surface area contributed by atoms with Gasteiger partial charge >= 0.3 is 5.97 Å². The molecule has 0 unspecified atom stereocenters. The number of amides is 2. The molecular formula is C17H16Br2N2O5S. The van der Waals surface area contributed by atoms with Gasteiger partial charge in [-0.3, -0.25) is 19.4 Å². The molecule has 1 heterocycles. The number of benzene rings is 1. The largest absolute Gasteiger partial charge is 0.480 e. The highest BCUT2D eigenvalue weighted by Crippen LogP contribution is 2.35. The SMILES string of the molecule is CCOC(=O)COc1c(Br)cc(C=C2C(=O)N(C)C(=S)N(C)C2=O)cc1Br. The average molecular weight is 520 g/mol. The highest BCUT2D eigenvalue weighted by Gasteiger charge is 2.35. The van der Waals surface area contributed by atoms with Gasteiger partial charge in [-0.25, -0.2) is 4.79 Å². The summed E-state index contributed by atoms with van der Waals surface area (Å²) in [5.74, 6) is -1.03. The van der Waals surface area contributed by atoms with Crippen molar-refractivity contribution in [2.45, 2.75) is 6.92 Å². The van der Waals surface area contributed by atoms with Gasteiger partial charge in [-0.05, 0) is 74.8 Å². The van der Waals surface area contributed by atoms with Gasteiger partial charge in [0.15, 0.2) is 11.7 Å². The Bertz CT molecular complexity index is 807. The molecule has 1 aromatic rings. The van der Waals surface area contributed by atoms with E-state index in [-0.39, 0.29) is 23.9 Å². The number of ether oxygens (including phenoxy) is 2. The Hall–Kier alpha value is -1.78. The molecule has 0 spiro atoms. The van der Waals surface area contributed by atoms with Gasteiger partial charge < -0.3 is 9.47 Å². The van der Waals surface area contributed by atoms with E-state index in [1.165, 1.54) is 30.0 Å². The summed E-state index contributed by atoms with van der Waals surface area (Å²) >= 11 is 11.8. The van der Waals surface area contributed by atoms with Crippen LogP contribution >= 0.6 is 44.1 Å². The molecule has 0 radical (unpaired) electrons. The van der Waals surface area contributed by atoms with E-state index in [0.29, 0.717) is 20.3 Å². The lowest BCUT2D eigenvalue weighted by atomic mass is 10.1. The maximum Gasteiger partial charge on any atom is 0.344 e. The van der Waals surface area contributed by atoms with Gasteiger partial charge in [0, 0.05) is 14.1 Å². The minimum atomic E-state index is -0.483. The van der Waals surface area contributed by atoms with Gasteiger partial charge in [-0.2, -0.15) is 0 Å². The number of carbonyl (C=O) groups excluding carboxylic acids is 3. The summed E-state index contributed by atoms with van der Waals surface area (Å²) in [5, 5.41) is 0.146. The van der Waals surface area contributed by atoms with Crippen LogP contribution in [0, 0.1) is 0 Å². The van der Waals surface area contributed by atoms with Gasteiger partial charge in [0.1, 0.15) is 11.3 Å². The highest BCUT2D eigenvalue weighted by atomic mass is 79.9. The first-order chi connectivity index (χ1) is 12.7. The van der Waals surface area contributed by atoms with Crippen LogP contribution in [0.2, 0.25) is 0 Å². The standard InChI is InChI=1S/C17H16Br2N2O5S/c1-4-25-13(22)8-26-14-11(18)6-9(7-12(14)19)5-10-15(23)20(2)17(27)21(3)16(10)24/h5-7H,4,8H2,1-3H3. The third kappa shape index (κ3) is 4.74. The fourth-order valence-corrected chi connectivity index (χ4v) is 3.89. The molecule has 7 nitrogen and oxygen atoms in total. The molecule has 27 heavy (non-hydrogen) atoms. The van der Waals surface area contributed by atoms with Crippen LogP contribution in [-0.4, -0.2) is 60.0 Å². The maximum absolute atomic E-state index is 12.4. The van der Waals surface area contributed by atoms with Crippen LogP contribution in [-0.2, 0) is 19.1 Å². The summed E-state index contributed by atoms with van der Waals surface area (Å²) in [6.07, 6.45) is 1.48. The Morgan fingerprint density at radius 3 is 2.15 bits per heavy atom. The molecule has 1 aliphatic heterocycles. The lowest BCUT2D eigenvalue weighted by Crippen LogP contribution is -2.52. The lowest BCUT2D eigenvalue weighted by Gasteiger charge is -2.31. The second-order valence-corrected chi connectivity index (χ2v) is 7.55. The fourth-order valence-electron chi connectivity index (χ4n) is 2.28. The van der Waals surface area contributed by atoms with E-state index in [1.54, 1.807) is 19.1 Å². The van der Waals surface area contributed by atoms with Crippen molar-refractivity contribution in [3.05, 3.63) is 32.2 Å². The monoisotopic (exact) mass is 518 g/mol. The third-order valence-corrected chi connectivity index (χ3v) is 5.34. The number of hydrogen-bond acceptors (Lipinski definition) is 6. The minimum Gasteiger partial charge on any atom is -0.480 e. The maximum atomic E-state index is 12.4. The summed E-state index contributed by atoms with van der Waals surface area (Å²) < 4.78 is 11.4. The average Bonchev–Trinajstić information content (AvgIpc) is 2.61. The van der Waals surface area contributed by atoms with E-state index in [0.717, 1.165) is 0 Å². The van der Waals surface area contributed by atoms with Crippen LogP contribution in [0.4, 0.5) is 0 Å². The summed E-state index contributed by atoms with van der Waals surface area (Å²) in [7, 11) is 3.03. The van der Waals surface area contributed by atoms with Crippen molar-refractivity contribution in [2.75, 3.05) is 27.3 Å². The summed E-state index contributed by atoms with van der Waals surface area (Å²) in [6.45, 7) is 1.74. The van der Waals surface area contributed by atoms with Crippen molar-refractivity contribution >= 4 is 73.0 Å². The number of esters is 1. The molecule has 0 atom stereocenters. The summed E-state index contributed by atoms with van der Waals surface area (Å²) in [4.78, 5) is 38.7. The second-order valence-electron chi connectivity index (χ2n) is 5.48. The van der Waals surface area contributed by atoms with Crippen molar-refractivity contribution in [1.29, 1.82) is 0 Å². The minimum absolute atomic E-state index is 0.00686. The number of thiocarbonyl (C=S) groups is 1. The van der Waals surface area contributed by atoms with E-state index in [9.17, 15) is 14.4 Å². The number of halogens is 2. The second kappa shape index (κ2) is 8.94. The number of likely N-dealkylation sites (N-methyl/N-ethyl adjacent to an activating group) is 2. The zero-order chi connectivity index (χ0) is 20.3. The number of rotatable bonds is 5. The first-order valence-electron chi connectivity index (χ1n) is 7.76. The van der Waals surface area contributed by atoms with Crippen LogP contribution in [0.3, 0.4) is 0 Å². The lowest BCUT2D eigenvalue weighted by molar-refractivity contribution is -0.145. The van der Waals surface area contributed by atoms with Crippen molar-refractivity contribution in [2.24, 2.45) is 0 Å². The van der Waals surface area contributed by atoms with Gasteiger partial charge in [0.2, 0.25) is 0 Å². The predicted octanol–water partition coefficient (Wildman–Crippen LogP) is 2.75. The van der Waals surface area contributed by atoms with Crippen LogP contribution < -0.4 is 4.74 Å². The van der Waals surface area contributed by atoms with Crippen molar-refractivity contribution in [3.63, 3.8) is 0 Å². The Morgan fingerprint density at radius 2 is 1.67 bits per heavy atom. The molecule has 0 aromatic heterocycles. The Morgan fingerprint density at radius 1 is 1.15 bits per heavy atom. The van der Waals surface area contributed by atoms with Crippen molar-refractivity contribution < 1.29 is 23.9 Å². The fraction of sp³-hybridized carbons (Fsp3) is 0.294. The molecule has 10 heteroatoms. The van der Waals surface area contributed by atoms with Gasteiger partial charge in [0.05, 0.1) is 15.6 Å². The molecule has 2 amide bonds. The Labute approximate surface area is 178 Å². The van der Waals surface area contributed by atoms with Crippen LogP contribution in [0.1, 0.15) is 12.5 Å². The zero-order valence-corrected chi connectivity index (χ0v) is 18.7. The van der Waals surface area contributed by atoms with Crippen LogP contribution in [0.15, 0.2) is 26.7 Å². The molecular weight excluding hydrogens is 504 g/mol. The molecule has 1 aromatic carbocycles. The zero-order valence-electron chi connectivity index (χ0n) is 14.7. The molecule has 2 rings (SSSR count). The number of nitrogens with zero attached hydrogens (tertiary/aromatic N) is 2. The number of carbonyl (C=O) groups is 3. The Kier molecular flexibility index (Phi) is 7.12. The van der Waals surface area contributed by atoms with Gasteiger partial charge in [-0.15, -0.1) is 0 Å². The normalized spacial score (nSPS) is 14.6. The van der Waals surface area contributed by atoms with E-state index in [4.69, 9.17) is 21.7 Å². The number of hydrogen-bond donors (Lipinski definition) is 0. The van der Waals surface area contributed by atoms with Crippen molar-refractivity contribution in [3.8, 4) is 5.75 Å². The molecule has 0 aliphatic carbocycles. The Balaban J connectivity index is 2.31. The van der Waals surface area contributed by atoms with Gasteiger partial charge in [0.25, 0.3) is 11.8 Å².